The van der Waals surface area contributed by atoms with Gasteiger partial charge in [0.15, 0.2) is 5.96 Å². The van der Waals surface area contributed by atoms with Crippen LogP contribution in [0.1, 0.15) is 52.9 Å². The van der Waals surface area contributed by atoms with Crippen molar-refractivity contribution in [1.29, 1.82) is 0 Å². The van der Waals surface area contributed by atoms with Gasteiger partial charge in [-0.05, 0) is 59.3 Å². The van der Waals surface area contributed by atoms with Crippen LogP contribution in [0.2, 0.25) is 0 Å². The Kier molecular flexibility index (Phi) is 13.1. The molecule has 0 bridgehead atoms. The van der Waals surface area contributed by atoms with Gasteiger partial charge in [0.25, 0.3) is 0 Å². The van der Waals surface area contributed by atoms with Crippen molar-refractivity contribution >= 4 is 29.9 Å². The number of guanidine groups is 1. The summed E-state index contributed by atoms with van der Waals surface area (Å²) in [6.45, 7) is 10.9. The van der Waals surface area contributed by atoms with Crippen molar-refractivity contribution < 1.29 is 0 Å². The van der Waals surface area contributed by atoms with Gasteiger partial charge in [-0.3, -0.25) is 4.99 Å². The summed E-state index contributed by atoms with van der Waals surface area (Å²) in [5.41, 5.74) is 6.00. The molecule has 5 nitrogen and oxygen atoms in total. The largest absolute Gasteiger partial charge is 0.370 e. The lowest BCUT2D eigenvalue weighted by Crippen LogP contribution is -2.43. The first-order chi connectivity index (χ1) is 10.9. The Bertz CT molecular complexity index is 338. The second-order valence-corrected chi connectivity index (χ2v) is 7.67. The normalized spacial score (nSPS) is 18.7. The molecule has 1 heterocycles. The Morgan fingerprint density at radius 3 is 2.38 bits per heavy atom. The van der Waals surface area contributed by atoms with E-state index in [1.807, 2.05) is 0 Å². The van der Waals surface area contributed by atoms with Crippen LogP contribution < -0.4 is 11.1 Å². The molecule has 0 radical (unpaired) electrons. The van der Waals surface area contributed by atoms with Crippen molar-refractivity contribution in [3.8, 4) is 0 Å². The lowest BCUT2D eigenvalue weighted by molar-refractivity contribution is 0.148. The standard InChI is InChI=1S/C18H39N5.HI/c1-15(2)7-6-8-16(3)21-18(19)20-11-14-23-12-9-17(10-13-23)22(4)5;/h15-17H,6-14H2,1-5H3,(H3,19,20,21);1H. The number of hydrogen-bond acceptors (Lipinski definition) is 3. The van der Waals surface area contributed by atoms with Crippen LogP contribution in [0.3, 0.4) is 0 Å². The minimum Gasteiger partial charge on any atom is -0.370 e. The van der Waals surface area contributed by atoms with Crippen molar-refractivity contribution in [2.45, 2.75) is 65.0 Å². The number of hydrogen-bond donors (Lipinski definition) is 2. The minimum absolute atomic E-state index is 0. The molecule has 0 aromatic carbocycles. The lowest BCUT2D eigenvalue weighted by Gasteiger charge is -2.34. The first kappa shape index (κ1) is 23.9. The zero-order chi connectivity index (χ0) is 17.2. The summed E-state index contributed by atoms with van der Waals surface area (Å²) in [5, 5.41) is 3.32. The maximum Gasteiger partial charge on any atom is 0.188 e. The Morgan fingerprint density at radius 2 is 1.83 bits per heavy atom. The number of nitrogens with two attached hydrogens (primary N) is 1. The van der Waals surface area contributed by atoms with Gasteiger partial charge >= 0.3 is 0 Å². The highest BCUT2D eigenvalue weighted by Gasteiger charge is 2.19. The second-order valence-electron chi connectivity index (χ2n) is 7.67. The number of halogens is 1. The number of aliphatic imine (C=N–C) groups is 1. The van der Waals surface area contributed by atoms with E-state index < -0.39 is 0 Å². The quantitative estimate of drug-likeness (QED) is 0.320. The van der Waals surface area contributed by atoms with Gasteiger partial charge in [0.1, 0.15) is 0 Å². The molecule has 1 saturated heterocycles. The van der Waals surface area contributed by atoms with E-state index in [1.165, 1.54) is 38.8 Å². The van der Waals surface area contributed by atoms with Crippen molar-refractivity contribution in [2.75, 3.05) is 40.3 Å². The molecule has 0 amide bonds. The maximum atomic E-state index is 6.00. The zero-order valence-electron chi connectivity index (χ0n) is 16.4. The van der Waals surface area contributed by atoms with E-state index in [1.54, 1.807) is 0 Å². The predicted octanol–water partition coefficient (Wildman–Crippen LogP) is 2.75. The fourth-order valence-electron chi connectivity index (χ4n) is 3.17. The molecule has 1 fully saturated rings. The van der Waals surface area contributed by atoms with Crippen LogP contribution in [0.5, 0.6) is 0 Å². The molecule has 0 aliphatic carbocycles. The SMILES string of the molecule is CC(C)CCCC(C)NC(N)=NCCN1CCC(N(C)C)CC1.I. The first-order valence-electron chi connectivity index (χ1n) is 9.33. The number of nitrogens with zero attached hydrogens (tertiary/aromatic N) is 3. The van der Waals surface area contributed by atoms with Gasteiger partial charge < -0.3 is 20.9 Å². The third kappa shape index (κ3) is 10.7. The summed E-state index contributed by atoms with van der Waals surface area (Å²) in [7, 11) is 4.36. The molecule has 1 atom stereocenters. The van der Waals surface area contributed by atoms with Crippen molar-refractivity contribution in [3.63, 3.8) is 0 Å². The molecule has 1 unspecified atom stereocenters. The van der Waals surface area contributed by atoms with Crippen LogP contribution >= 0.6 is 24.0 Å². The molecular formula is C18H40IN5. The smallest absolute Gasteiger partial charge is 0.188 e. The van der Waals surface area contributed by atoms with E-state index in [4.69, 9.17) is 5.73 Å². The molecule has 24 heavy (non-hydrogen) atoms. The summed E-state index contributed by atoms with van der Waals surface area (Å²) < 4.78 is 0. The van der Waals surface area contributed by atoms with E-state index >= 15 is 0 Å². The highest BCUT2D eigenvalue weighted by Crippen LogP contribution is 2.13. The van der Waals surface area contributed by atoms with Crippen LogP contribution in [0.15, 0.2) is 4.99 Å². The molecule has 0 spiro atoms. The third-order valence-electron chi connectivity index (χ3n) is 4.80. The van der Waals surface area contributed by atoms with Crippen LogP contribution in [0.4, 0.5) is 0 Å². The van der Waals surface area contributed by atoms with E-state index in [-0.39, 0.29) is 24.0 Å². The average molecular weight is 453 g/mol. The van der Waals surface area contributed by atoms with E-state index in [9.17, 15) is 0 Å². The maximum absolute atomic E-state index is 6.00. The van der Waals surface area contributed by atoms with E-state index in [0.717, 1.165) is 31.5 Å². The van der Waals surface area contributed by atoms with Gasteiger partial charge in [-0.15, -0.1) is 24.0 Å². The number of piperidine rings is 1. The number of nitrogens with one attached hydrogen (secondary N) is 1. The van der Waals surface area contributed by atoms with E-state index in [0.29, 0.717) is 12.0 Å². The molecule has 3 N–H and O–H groups in total. The fraction of sp³-hybridized carbons (Fsp3) is 0.944. The molecule has 0 saturated carbocycles. The summed E-state index contributed by atoms with van der Waals surface area (Å²) in [6, 6.07) is 1.15. The highest BCUT2D eigenvalue weighted by molar-refractivity contribution is 14.0. The van der Waals surface area contributed by atoms with Gasteiger partial charge in [0.05, 0.1) is 6.54 Å². The summed E-state index contributed by atoms with van der Waals surface area (Å²) in [5.74, 6) is 1.38. The summed E-state index contributed by atoms with van der Waals surface area (Å²) in [6.07, 6.45) is 6.22. The Labute approximate surface area is 166 Å². The monoisotopic (exact) mass is 453 g/mol. The molecular weight excluding hydrogens is 413 g/mol. The van der Waals surface area contributed by atoms with Gasteiger partial charge in [-0.1, -0.05) is 26.7 Å². The molecule has 1 rings (SSSR count). The minimum atomic E-state index is 0. The average Bonchev–Trinajstić information content (AvgIpc) is 2.47. The van der Waals surface area contributed by atoms with Gasteiger partial charge in [-0.2, -0.15) is 0 Å². The van der Waals surface area contributed by atoms with Gasteiger partial charge in [0, 0.05) is 18.6 Å². The van der Waals surface area contributed by atoms with Crippen molar-refractivity contribution in [2.24, 2.45) is 16.6 Å². The lowest BCUT2D eigenvalue weighted by atomic mass is 10.0. The molecule has 144 valence electrons. The number of likely N-dealkylation sites (tertiary alicyclic amines) is 1. The van der Waals surface area contributed by atoms with Gasteiger partial charge in [0.2, 0.25) is 0 Å². The van der Waals surface area contributed by atoms with Crippen molar-refractivity contribution in [3.05, 3.63) is 0 Å². The molecule has 6 heteroatoms. The Hall–Kier alpha value is -0.0800. The second kappa shape index (κ2) is 13.2. The molecule has 1 aliphatic rings. The Balaban J connectivity index is 0.00000529. The molecule has 1 aliphatic heterocycles. The summed E-state index contributed by atoms with van der Waals surface area (Å²) in [4.78, 5) is 9.33. The fourth-order valence-corrected chi connectivity index (χ4v) is 3.17. The zero-order valence-corrected chi connectivity index (χ0v) is 18.8. The predicted molar refractivity (Wildman–Crippen MR) is 116 cm³/mol. The first-order valence-corrected chi connectivity index (χ1v) is 9.33. The third-order valence-corrected chi connectivity index (χ3v) is 4.80. The summed E-state index contributed by atoms with van der Waals surface area (Å²) >= 11 is 0. The van der Waals surface area contributed by atoms with Gasteiger partial charge in [-0.25, -0.2) is 0 Å². The molecule has 0 aromatic heterocycles. The van der Waals surface area contributed by atoms with Crippen molar-refractivity contribution in [1.82, 2.24) is 15.1 Å². The van der Waals surface area contributed by atoms with Crippen LogP contribution in [0, 0.1) is 5.92 Å². The topological polar surface area (TPSA) is 56.9 Å². The van der Waals surface area contributed by atoms with Crippen LogP contribution in [-0.4, -0.2) is 68.1 Å². The van der Waals surface area contributed by atoms with Crippen LogP contribution in [0.25, 0.3) is 0 Å². The Morgan fingerprint density at radius 1 is 1.21 bits per heavy atom. The van der Waals surface area contributed by atoms with E-state index in [2.05, 4.69) is 55.0 Å². The highest BCUT2D eigenvalue weighted by atomic mass is 127. The molecule has 0 aromatic rings. The number of rotatable bonds is 9. The van der Waals surface area contributed by atoms with Crippen LogP contribution in [-0.2, 0) is 0 Å².